The zero-order valence-electron chi connectivity index (χ0n) is 16.5. The molecule has 1 aliphatic rings. The predicted octanol–water partition coefficient (Wildman–Crippen LogP) is 3.55. The van der Waals surface area contributed by atoms with Crippen LogP contribution in [0.5, 0.6) is 0 Å². The van der Waals surface area contributed by atoms with Crippen molar-refractivity contribution in [1.82, 2.24) is 9.55 Å². The van der Waals surface area contributed by atoms with Gasteiger partial charge < -0.3 is 24.0 Å². The average Bonchev–Trinajstić information content (AvgIpc) is 3.44. The van der Waals surface area contributed by atoms with Crippen molar-refractivity contribution in [1.29, 1.82) is 0 Å². The number of rotatable bonds is 6. The number of carbonyl (C=O) groups is 2. The van der Waals surface area contributed by atoms with E-state index in [0.717, 1.165) is 11.1 Å². The van der Waals surface area contributed by atoms with E-state index >= 15 is 0 Å². The number of fused-ring (bicyclic) bond motifs is 1. The van der Waals surface area contributed by atoms with Gasteiger partial charge in [0.25, 0.3) is 0 Å². The number of carboxylic acid groups (broad SMARTS) is 1. The maximum Gasteiger partial charge on any atom is 0.329 e. The number of ether oxygens (including phenoxy) is 2. The Hall–Kier alpha value is -2.81. The predicted molar refractivity (Wildman–Crippen MR) is 116 cm³/mol. The molecule has 3 aromatic rings. The van der Waals surface area contributed by atoms with Crippen LogP contribution < -0.4 is 4.90 Å². The smallest absolute Gasteiger partial charge is 0.329 e. The number of carboxylic acids is 1. The molecule has 0 bridgehead atoms. The number of nitrogens with zero attached hydrogens (tertiary/aromatic N) is 3. The SMILES string of the molecule is COC(=O)[C@@H]1C[C@H](OCC(=O)O)CN1c1cc(-n2ccnc2)c2ccc(Cl)c(Cl)c2c1. The lowest BCUT2D eigenvalue weighted by Gasteiger charge is -2.26. The van der Waals surface area contributed by atoms with E-state index in [9.17, 15) is 9.59 Å². The first-order chi connectivity index (χ1) is 14.9. The fraction of sp³-hybridized carbons (Fsp3) is 0.286. The molecule has 2 heterocycles. The molecule has 1 aromatic heterocycles. The van der Waals surface area contributed by atoms with Crippen molar-refractivity contribution in [2.24, 2.45) is 0 Å². The summed E-state index contributed by atoms with van der Waals surface area (Å²) < 4.78 is 12.3. The summed E-state index contributed by atoms with van der Waals surface area (Å²) in [5.41, 5.74) is 1.51. The van der Waals surface area contributed by atoms with Crippen molar-refractivity contribution in [2.45, 2.75) is 18.6 Å². The number of anilines is 1. The van der Waals surface area contributed by atoms with Gasteiger partial charge in [-0.2, -0.15) is 0 Å². The van der Waals surface area contributed by atoms with Gasteiger partial charge in [-0.05, 0) is 18.2 Å². The standard InChI is InChI=1S/C21H19Cl2N3O5/c1-30-21(29)18-8-13(31-10-19(27)28)9-26(18)12-6-15-14(2-3-16(22)20(15)23)17(7-12)25-5-4-24-11-25/h2-7,11,13,18H,8-10H2,1H3,(H,27,28)/t13-,18-/m0/s1. The highest BCUT2D eigenvalue weighted by Crippen LogP contribution is 2.39. The Morgan fingerprint density at radius 1 is 1.26 bits per heavy atom. The Bertz CT molecular complexity index is 1140. The van der Waals surface area contributed by atoms with Gasteiger partial charge in [0, 0.05) is 41.8 Å². The van der Waals surface area contributed by atoms with E-state index < -0.39 is 30.7 Å². The van der Waals surface area contributed by atoms with Crippen LogP contribution in [0.3, 0.4) is 0 Å². The summed E-state index contributed by atoms with van der Waals surface area (Å²) in [6, 6.07) is 6.76. The highest BCUT2D eigenvalue weighted by Gasteiger charge is 2.39. The van der Waals surface area contributed by atoms with Gasteiger partial charge in [-0.1, -0.05) is 29.3 Å². The molecule has 2 aromatic carbocycles. The van der Waals surface area contributed by atoms with Crippen LogP contribution in [0.2, 0.25) is 10.0 Å². The molecule has 2 atom stereocenters. The van der Waals surface area contributed by atoms with Crippen LogP contribution in [0.15, 0.2) is 43.0 Å². The lowest BCUT2D eigenvalue weighted by atomic mass is 10.1. The largest absolute Gasteiger partial charge is 0.480 e. The van der Waals surface area contributed by atoms with Crippen LogP contribution >= 0.6 is 23.2 Å². The molecule has 4 rings (SSSR count). The zero-order chi connectivity index (χ0) is 22.1. The number of aliphatic carboxylic acids is 1. The molecule has 0 unspecified atom stereocenters. The molecule has 162 valence electrons. The summed E-state index contributed by atoms with van der Waals surface area (Å²) in [6.07, 6.45) is 5.01. The number of halogens is 2. The number of hydrogen-bond donors (Lipinski definition) is 1. The number of imidazole rings is 1. The van der Waals surface area contributed by atoms with Gasteiger partial charge in [0.15, 0.2) is 0 Å². The van der Waals surface area contributed by atoms with Crippen LogP contribution in [-0.2, 0) is 19.1 Å². The Balaban J connectivity index is 1.82. The number of hydrogen-bond acceptors (Lipinski definition) is 6. The fourth-order valence-corrected chi connectivity index (χ4v) is 4.26. The van der Waals surface area contributed by atoms with E-state index in [4.69, 9.17) is 37.8 Å². The molecule has 10 heteroatoms. The molecule has 0 spiro atoms. The van der Waals surface area contributed by atoms with Gasteiger partial charge in [-0.25, -0.2) is 14.6 Å². The van der Waals surface area contributed by atoms with Gasteiger partial charge >= 0.3 is 11.9 Å². The Kier molecular flexibility index (Phi) is 6.04. The van der Waals surface area contributed by atoms with E-state index in [0.29, 0.717) is 34.1 Å². The third kappa shape index (κ3) is 4.19. The van der Waals surface area contributed by atoms with Crippen LogP contribution in [0, 0.1) is 0 Å². The second-order valence-electron chi connectivity index (χ2n) is 7.15. The summed E-state index contributed by atoms with van der Waals surface area (Å²) >= 11 is 12.8. The average molecular weight is 464 g/mol. The number of methoxy groups -OCH3 is 1. The van der Waals surface area contributed by atoms with Crippen LogP contribution in [0.25, 0.3) is 16.5 Å². The monoisotopic (exact) mass is 463 g/mol. The number of aromatic nitrogens is 2. The maximum atomic E-state index is 12.5. The normalized spacial score (nSPS) is 18.5. The second-order valence-corrected chi connectivity index (χ2v) is 7.93. The van der Waals surface area contributed by atoms with E-state index in [1.54, 1.807) is 18.6 Å². The van der Waals surface area contributed by atoms with Gasteiger partial charge in [-0.15, -0.1) is 0 Å². The van der Waals surface area contributed by atoms with Crippen LogP contribution in [-0.4, -0.2) is 59.0 Å². The first kappa shape index (κ1) is 21.4. The first-order valence-corrected chi connectivity index (χ1v) is 10.2. The molecular weight excluding hydrogens is 445 g/mol. The van der Waals surface area contributed by atoms with E-state index in [1.807, 2.05) is 33.9 Å². The van der Waals surface area contributed by atoms with Gasteiger partial charge in [0.1, 0.15) is 12.6 Å². The molecule has 0 saturated carbocycles. The maximum absolute atomic E-state index is 12.5. The second kappa shape index (κ2) is 8.74. The molecule has 1 aliphatic heterocycles. The molecule has 0 amide bonds. The topological polar surface area (TPSA) is 93.9 Å². The summed E-state index contributed by atoms with van der Waals surface area (Å²) in [5.74, 6) is -1.49. The first-order valence-electron chi connectivity index (χ1n) is 9.47. The highest BCUT2D eigenvalue weighted by molar-refractivity contribution is 6.45. The van der Waals surface area contributed by atoms with E-state index in [-0.39, 0.29) is 0 Å². The number of benzene rings is 2. The zero-order valence-corrected chi connectivity index (χ0v) is 18.0. The molecular formula is C21H19Cl2N3O5. The Morgan fingerprint density at radius 3 is 2.74 bits per heavy atom. The summed E-state index contributed by atoms with van der Waals surface area (Å²) in [6.45, 7) is -0.119. The lowest BCUT2D eigenvalue weighted by molar-refractivity contribution is -0.144. The van der Waals surface area contributed by atoms with Crippen molar-refractivity contribution in [3.63, 3.8) is 0 Å². The van der Waals surface area contributed by atoms with Crippen molar-refractivity contribution in [3.05, 3.63) is 53.0 Å². The number of carbonyl (C=O) groups excluding carboxylic acids is 1. The molecule has 8 nitrogen and oxygen atoms in total. The fourth-order valence-electron chi connectivity index (χ4n) is 3.87. The molecule has 1 fully saturated rings. The van der Waals surface area contributed by atoms with Crippen LogP contribution in [0.4, 0.5) is 5.69 Å². The third-order valence-electron chi connectivity index (χ3n) is 5.28. The van der Waals surface area contributed by atoms with E-state index in [1.165, 1.54) is 7.11 Å². The minimum absolute atomic E-state index is 0.307. The van der Waals surface area contributed by atoms with Crippen molar-refractivity contribution in [2.75, 3.05) is 25.2 Å². The minimum atomic E-state index is -1.07. The molecule has 1 saturated heterocycles. The lowest BCUT2D eigenvalue weighted by Crippen LogP contribution is -2.37. The van der Waals surface area contributed by atoms with Crippen LogP contribution in [0.1, 0.15) is 6.42 Å². The third-order valence-corrected chi connectivity index (χ3v) is 6.10. The van der Waals surface area contributed by atoms with Crippen molar-refractivity contribution >= 4 is 51.6 Å². The molecule has 1 N–H and O–H groups in total. The summed E-state index contributed by atoms with van der Waals surface area (Å²) in [5, 5.41) is 11.3. The quantitative estimate of drug-likeness (QED) is 0.558. The number of esters is 1. The van der Waals surface area contributed by atoms with Gasteiger partial charge in [0.2, 0.25) is 0 Å². The summed E-state index contributed by atoms with van der Waals surface area (Å²) in [4.78, 5) is 29.4. The minimum Gasteiger partial charge on any atom is -0.480 e. The highest BCUT2D eigenvalue weighted by atomic mass is 35.5. The van der Waals surface area contributed by atoms with Gasteiger partial charge in [0.05, 0.1) is 35.3 Å². The molecule has 0 aliphatic carbocycles. The van der Waals surface area contributed by atoms with Gasteiger partial charge in [-0.3, -0.25) is 0 Å². The summed E-state index contributed by atoms with van der Waals surface area (Å²) in [7, 11) is 1.32. The van der Waals surface area contributed by atoms with Crippen molar-refractivity contribution in [3.8, 4) is 5.69 Å². The van der Waals surface area contributed by atoms with Crippen molar-refractivity contribution < 1.29 is 24.2 Å². The van der Waals surface area contributed by atoms with E-state index in [2.05, 4.69) is 4.98 Å². The molecule has 0 radical (unpaired) electrons. The Labute approximate surface area is 187 Å². The molecule has 31 heavy (non-hydrogen) atoms. The Morgan fingerprint density at radius 2 is 2.06 bits per heavy atom.